The number of carbonyl (C=O) groups is 2. The van der Waals surface area contributed by atoms with E-state index in [2.05, 4.69) is 5.32 Å². The van der Waals surface area contributed by atoms with E-state index in [9.17, 15) is 9.59 Å². The second kappa shape index (κ2) is 6.55. The summed E-state index contributed by atoms with van der Waals surface area (Å²) in [6.45, 7) is 3.78. The standard InChI is InChI=1S/C14H17N3O2/c1-3-9(2)12(13(16)18)17-14(19)11-6-4-10(8-15)5-7-11/h4-7,9,12H,3H2,1-2H3,(H2,16,18)(H,17,19)/t9-,12-/m1/s1. The molecule has 0 aliphatic carbocycles. The van der Waals surface area contributed by atoms with Gasteiger partial charge in [-0.2, -0.15) is 5.26 Å². The van der Waals surface area contributed by atoms with Crippen molar-refractivity contribution in [3.05, 3.63) is 35.4 Å². The summed E-state index contributed by atoms with van der Waals surface area (Å²) in [7, 11) is 0. The largest absolute Gasteiger partial charge is 0.368 e. The normalized spacial score (nSPS) is 13.1. The minimum atomic E-state index is -0.687. The Bertz CT molecular complexity index is 502. The minimum absolute atomic E-state index is 0.0279. The molecule has 0 saturated carbocycles. The first kappa shape index (κ1) is 14.7. The van der Waals surface area contributed by atoms with Crippen molar-refractivity contribution in [3.8, 4) is 6.07 Å². The summed E-state index contributed by atoms with van der Waals surface area (Å²) in [4.78, 5) is 23.3. The molecule has 0 fully saturated rings. The van der Waals surface area contributed by atoms with Crippen molar-refractivity contribution >= 4 is 11.8 Å². The fourth-order valence-electron chi connectivity index (χ4n) is 1.65. The van der Waals surface area contributed by atoms with Gasteiger partial charge in [-0.3, -0.25) is 9.59 Å². The number of rotatable bonds is 5. The van der Waals surface area contributed by atoms with Crippen LogP contribution in [0.1, 0.15) is 36.2 Å². The lowest BCUT2D eigenvalue weighted by atomic mass is 9.98. The minimum Gasteiger partial charge on any atom is -0.368 e. The Labute approximate surface area is 112 Å². The van der Waals surface area contributed by atoms with Gasteiger partial charge in [0.25, 0.3) is 5.91 Å². The van der Waals surface area contributed by atoms with Crippen molar-refractivity contribution in [1.82, 2.24) is 5.32 Å². The van der Waals surface area contributed by atoms with Crippen LogP contribution in [0.5, 0.6) is 0 Å². The molecule has 0 aliphatic heterocycles. The molecule has 0 heterocycles. The highest BCUT2D eigenvalue weighted by Crippen LogP contribution is 2.09. The molecule has 1 aromatic carbocycles. The molecule has 0 saturated heterocycles. The van der Waals surface area contributed by atoms with Gasteiger partial charge in [0.15, 0.2) is 0 Å². The molecule has 5 nitrogen and oxygen atoms in total. The molecule has 0 aliphatic rings. The van der Waals surface area contributed by atoms with Crippen molar-refractivity contribution in [2.45, 2.75) is 26.3 Å². The van der Waals surface area contributed by atoms with Crippen LogP contribution in [0.3, 0.4) is 0 Å². The second-order valence-corrected chi connectivity index (χ2v) is 4.43. The second-order valence-electron chi connectivity index (χ2n) is 4.43. The smallest absolute Gasteiger partial charge is 0.251 e. The third-order valence-electron chi connectivity index (χ3n) is 3.08. The first-order chi connectivity index (χ1) is 8.99. The van der Waals surface area contributed by atoms with Crippen LogP contribution in [-0.2, 0) is 4.79 Å². The first-order valence-corrected chi connectivity index (χ1v) is 6.10. The third kappa shape index (κ3) is 3.81. The third-order valence-corrected chi connectivity index (χ3v) is 3.08. The lowest BCUT2D eigenvalue weighted by Gasteiger charge is -2.21. The molecule has 0 spiro atoms. The van der Waals surface area contributed by atoms with Gasteiger partial charge in [0.1, 0.15) is 6.04 Å². The van der Waals surface area contributed by atoms with E-state index in [0.29, 0.717) is 11.1 Å². The van der Waals surface area contributed by atoms with Crippen molar-refractivity contribution in [1.29, 1.82) is 5.26 Å². The van der Waals surface area contributed by atoms with Crippen LogP contribution < -0.4 is 11.1 Å². The zero-order valence-electron chi connectivity index (χ0n) is 11.0. The van der Waals surface area contributed by atoms with Gasteiger partial charge in [-0.1, -0.05) is 20.3 Å². The van der Waals surface area contributed by atoms with E-state index < -0.39 is 11.9 Å². The van der Waals surface area contributed by atoms with Gasteiger partial charge in [0.05, 0.1) is 11.6 Å². The van der Waals surface area contributed by atoms with Gasteiger partial charge >= 0.3 is 0 Å². The Morgan fingerprint density at radius 1 is 1.37 bits per heavy atom. The zero-order chi connectivity index (χ0) is 14.4. The van der Waals surface area contributed by atoms with E-state index >= 15 is 0 Å². The summed E-state index contributed by atoms with van der Waals surface area (Å²) in [6, 6.07) is 7.48. The summed E-state index contributed by atoms with van der Waals surface area (Å²) in [6.07, 6.45) is 0.737. The number of amides is 2. The monoisotopic (exact) mass is 259 g/mol. The predicted molar refractivity (Wildman–Crippen MR) is 71.1 cm³/mol. The van der Waals surface area contributed by atoms with E-state index in [4.69, 9.17) is 11.0 Å². The number of benzene rings is 1. The highest BCUT2D eigenvalue weighted by Gasteiger charge is 2.23. The molecular formula is C14H17N3O2. The molecule has 1 aromatic rings. The maximum absolute atomic E-state index is 12.0. The van der Waals surface area contributed by atoms with Crippen molar-refractivity contribution in [2.75, 3.05) is 0 Å². The van der Waals surface area contributed by atoms with Gasteiger partial charge in [0, 0.05) is 5.56 Å². The van der Waals surface area contributed by atoms with Crippen LogP contribution in [-0.4, -0.2) is 17.9 Å². The number of primary amides is 1. The lowest BCUT2D eigenvalue weighted by molar-refractivity contribution is -0.120. The average molecular weight is 259 g/mol. The molecule has 0 bridgehead atoms. The Kier molecular flexibility index (Phi) is 5.07. The average Bonchev–Trinajstić information content (AvgIpc) is 2.43. The summed E-state index contributed by atoms with van der Waals surface area (Å²) >= 11 is 0. The number of nitrogens with two attached hydrogens (primary N) is 1. The molecule has 5 heteroatoms. The van der Waals surface area contributed by atoms with Crippen LogP contribution in [0.2, 0.25) is 0 Å². The number of carbonyl (C=O) groups excluding carboxylic acids is 2. The summed E-state index contributed by atoms with van der Waals surface area (Å²) in [5.41, 5.74) is 6.16. The van der Waals surface area contributed by atoms with Crippen molar-refractivity contribution < 1.29 is 9.59 Å². The molecule has 3 N–H and O–H groups in total. The summed E-state index contributed by atoms with van der Waals surface area (Å²) in [5.74, 6) is -0.940. The van der Waals surface area contributed by atoms with Crippen molar-refractivity contribution in [3.63, 3.8) is 0 Å². The topological polar surface area (TPSA) is 96.0 Å². The molecule has 0 radical (unpaired) electrons. The highest BCUT2D eigenvalue weighted by molar-refractivity contribution is 5.97. The Balaban J connectivity index is 2.82. The van der Waals surface area contributed by atoms with Gasteiger partial charge in [-0.25, -0.2) is 0 Å². The maximum Gasteiger partial charge on any atom is 0.251 e. The number of nitrogens with zero attached hydrogens (tertiary/aromatic N) is 1. The Morgan fingerprint density at radius 3 is 2.37 bits per heavy atom. The van der Waals surface area contributed by atoms with Crippen LogP contribution >= 0.6 is 0 Å². The molecule has 1 rings (SSSR count). The molecule has 2 atom stereocenters. The van der Waals surface area contributed by atoms with E-state index in [1.165, 1.54) is 0 Å². The molecular weight excluding hydrogens is 242 g/mol. The van der Waals surface area contributed by atoms with Crippen LogP contribution in [0.25, 0.3) is 0 Å². The molecule has 2 amide bonds. The maximum atomic E-state index is 12.0. The molecule has 19 heavy (non-hydrogen) atoms. The zero-order valence-corrected chi connectivity index (χ0v) is 11.0. The molecule has 0 aromatic heterocycles. The Morgan fingerprint density at radius 2 is 1.95 bits per heavy atom. The van der Waals surface area contributed by atoms with Crippen LogP contribution in [0.15, 0.2) is 24.3 Å². The van der Waals surface area contributed by atoms with E-state index in [0.717, 1.165) is 6.42 Å². The van der Waals surface area contributed by atoms with E-state index in [1.54, 1.807) is 24.3 Å². The highest BCUT2D eigenvalue weighted by atomic mass is 16.2. The van der Waals surface area contributed by atoms with Crippen LogP contribution in [0.4, 0.5) is 0 Å². The SMILES string of the molecule is CC[C@@H](C)[C@@H](NC(=O)c1ccc(C#N)cc1)C(N)=O. The first-order valence-electron chi connectivity index (χ1n) is 6.10. The Hall–Kier alpha value is -2.35. The van der Waals surface area contributed by atoms with Gasteiger partial charge in [-0.15, -0.1) is 0 Å². The number of nitriles is 1. The lowest BCUT2D eigenvalue weighted by Crippen LogP contribution is -2.48. The summed E-state index contributed by atoms with van der Waals surface area (Å²) in [5, 5.41) is 11.3. The molecule has 0 unspecified atom stereocenters. The van der Waals surface area contributed by atoms with Crippen molar-refractivity contribution in [2.24, 2.45) is 11.7 Å². The van der Waals surface area contributed by atoms with E-state index in [-0.39, 0.29) is 11.8 Å². The molecule has 100 valence electrons. The van der Waals surface area contributed by atoms with Gasteiger partial charge < -0.3 is 11.1 Å². The summed E-state index contributed by atoms with van der Waals surface area (Å²) < 4.78 is 0. The predicted octanol–water partition coefficient (Wildman–Crippen LogP) is 1.19. The van der Waals surface area contributed by atoms with E-state index in [1.807, 2.05) is 19.9 Å². The van der Waals surface area contributed by atoms with Crippen LogP contribution in [0, 0.1) is 17.2 Å². The number of hydrogen-bond donors (Lipinski definition) is 2. The fourth-order valence-corrected chi connectivity index (χ4v) is 1.65. The van der Waals surface area contributed by atoms with Gasteiger partial charge in [0.2, 0.25) is 5.91 Å². The number of nitrogens with one attached hydrogen (secondary N) is 1. The number of hydrogen-bond acceptors (Lipinski definition) is 3. The fraction of sp³-hybridized carbons (Fsp3) is 0.357. The van der Waals surface area contributed by atoms with Gasteiger partial charge in [-0.05, 0) is 30.2 Å². The quantitative estimate of drug-likeness (QED) is 0.831.